The topological polar surface area (TPSA) is 57.6 Å². The van der Waals surface area contributed by atoms with E-state index in [0.29, 0.717) is 5.02 Å². The van der Waals surface area contributed by atoms with Crippen molar-refractivity contribution in [1.29, 1.82) is 0 Å². The Hall–Kier alpha value is -1.81. The van der Waals surface area contributed by atoms with Gasteiger partial charge in [-0.1, -0.05) is 23.7 Å². The normalized spacial score (nSPS) is 15.7. The Morgan fingerprint density at radius 3 is 2.72 bits per heavy atom. The largest absolute Gasteiger partial charge is 0.481 e. The Morgan fingerprint density at radius 2 is 2.11 bits per heavy atom. The van der Waals surface area contributed by atoms with Gasteiger partial charge in [0.05, 0.1) is 5.92 Å². The minimum absolute atomic E-state index is 0.174. The van der Waals surface area contributed by atoms with Crippen LogP contribution in [0.4, 0.5) is 0 Å². The zero-order chi connectivity index (χ0) is 13.1. The van der Waals surface area contributed by atoms with Gasteiger partial charge >= 0.3 is 5.97 Å². The van der Waals surface area contributed by atoms with Crippen molar-refractivity contribution in [3.8, 4) is 0 Å². The second-order valence-corrected chi connectivity index (χ2v) is 4.60. The van der Waals surface area contributed by atoms with Gasteiger partial charge in [-0.15, -0.1) is 0 Å². The fourth-order valence-corrected chi connectivity index (χ4v) is 1.90. The van der Waals surface area contributed by atoms with E-state index in [1.807, 2.05) is 6.07 Å². The van der Waals surface area contributed by atoms with E-state index in [-0.39, 0.29) is 19.0 Å². The molecule has 1 saturated heterocycles. The average molecular weight is 266 g/mol. The van der Waals surface area contributed by atoms with Gasteiger partial charge in [0.1, 0.15) is 0 Å². The average Bonchev–Trinajstić information content (AvgIpc) is 2.24. The molecule has 1 heterocycles. The molecule has 1 fully saturated rings. The van der Waals surface area contributed by atoms with Crippen molar-refractivity contribution in [3.63, 3.8) is 0 Å². The molecular formula is C13H12ClNO3. The molecule has 4 nitrogen and oxygen atoms in total. The van der Waals surface area contributed by atoms with Crippen molar-refractivity contribution >= 4 is 29.6 Å². The molecule has 0 bridgehead atoms. The first-order valence-electron chi connectivity index (χ1n) is 5.51. The smallest absolute Gasteiger partial charge is 0.310 e. The van der Waals surface area contributed by atoms with E-state index >= 15 is 0 Å². The molecule has 94 valence electrons. The molecule has 0 aliphatic carbocycles. The molecule has 0 saturated carbocycles. The molecule has 1 aromatic rings. The minimum atomic E-state index is -0.849. The van der Waals surface area contributed by atoms with E-state index in [0.717, 1.165) is 5.56 Å². The number of carboxylic acids is 1. The van der Waals surface area contributed by atoms with Crippen LogP contribution in [0.2, 0.25) is 5.02 Å². The molecule has 0 aromatic heterocycles. The van der Waals surface area contributed by atoms with Gasteiger partial charge in [-0.05, 0) is 23.8 Å². The molecule has 1 amide bonds. The van der Waals surface area contributed by atoms with Crippen molar-refractivity contribution in [3.05, 3.63) is 40.9 Å². The van der Waals surface area contributed by atoms with Gasteiger partial charge in [0, 0.05) is 24.2 Å². The summed E-state index contributed by atoms with van der Waals surface area (Å²) in [5, 5.41) is 9.31. The monoisotopic (exact) mass is 265 g/mol. The maximum absolute atomic E-state index is 11.7. The van der Waals surface area contributed by atoms with Crippen LogP contribution in [0.25, 0.3) is 6.08 Å². The predicted molar refractivity (Wildman–Crippen MR) is 68.2 cm³/mol. The number of hydrogen-bond donors (Lipinski definition) is 1. The predicted octanol–water partition coefficient (Wildman–Crippen LogP) is 1.90. The summed E-state index contributed by atoms with van der Waals surface area (Å²) in [6.45, 7) is 0.572. The number of nitrogens with zero attached hydrogens (tertiary/aromatic N) is 1. The molecule has 5 heteroatoms. The van der Waals surface area contributed by atoms with Gasteiger partial charge in [0.25, 0.3) is 0 Å². The first-order valence-corrected chi connectivity index (χ1v) is 5.89. The molecular weight excluding hydrogens is 254 g/mol. The molecule has 0 spiro atoms. The molecule has 0 unspecified atom stereocenters. The Morgan fingerprint density at radius 1 is 1.39 bits per heavy atom. The number of carbonyl (C=O) groups excluding carboxylic acids is 1. The highest BCUT2D eigenvalue weighted by molar-refractivity contribution is 6.30. The second kappa shape index (κ2) is 5.23. The molecule has 1 aromatic carbocycles. The van der Waals surface area contributed by atoms with Crippen molar-refractivity contribution < 1.29 is 14.7 Å². The van der Waals surface area contributed by atoms with Crippen molar-refractivity contribution in [2.24, 2.45) is 5.92 Å². The summed E-state index contributed by atoms with van der Waals surface area (Å²) in [7, 11) is 0. The first kappa shape index (κ1) is 12.6. The van der Waals surface area contributed by atoms with Crippen molar-refractivity contribution in [1.82, 2.24) is 4.90 Å². The number of hydrogen-bond acceptors (Lipinski definition) is 2. The van der Waals surface area contributed by atoms with Crippen LogP contribution in [0.3, 0.4) is 0 Å². The minimum Gasteiger partial charge on any atom is -0.481 e. The number of benzene rings is 1. The summed E-state index contributed by atoms with van der Waals surface area (Å²) >= 11 is 5.82. The molecule has 2 rings (SSSR count). The third kappa shape index (κ3) is 2.90. The van der Waals surface area contributed by atoms with Crippen LogP contribution in [0.5, 0.6) is 0 Å². The van der Waals surface area contributed by atoms with Gasteiger partial charge in [-0.3, -0.25) is 9.59 Å². The molecule has 0 atom stereocenters. The van der Waals surface area contributed by atoms with E-state index in [1.165, 1.54) is 11.0 Å². The van der Waals surface area contributed by atoms with Crippen molar-refractivity contribution in [2.45, 2.75) is 0 Å². The summed E-state index contributed by atoms with van der Waals surface area (Å²) in [4.78, 5) is 23.8. The van der Waals surface area contributed by atoms with E-state index in [2.05, 4.69) is 0 Å². The number of carbonyl (C=O) groups is 2. The molecule has 1 aliphatic heterocycles. The lowest BCUT2D eigenvalue weighted by Crippen LogP contribution is -2.52. The third-order valence-corrected chi connectivity index (χ3v) is 3.04. The van der Waals surface area contributed by atoms with Crippen LogP contribution >= 0.6 is 11.6 Å². The lowest BCUT2D eigenvalue weighted by atomic mass is 10.0. The number of aliphatic carboxylic acids is 1. The van der Waals surface area contributed by atoms with Gasteiger partial charge in [0.2, 0.25) is 5.91 Å². The van der Waals surface area contributed by atoms with Crippen LogP contribution < -0.4 is 0 Å². The number of amides is 1. The summed E-state index contributed by atoms with van der Waals surface area (Å²) < 4.78 is 0. The highest BCUT2D eigenvalue weighted by atomic mass is 35.5. The maximum atomic E-state index is 11.7. The van der Waals surface area contributed by atoms with E-state index < -0.39 is 11.9 Å². The maximum Gasteiger partial charge on any atom is 0.310 e. The van der Waals surface area contributed by atoms with E-state index in [9.17, 15) is 9.59 Å². The van der Waals surface area contributed by atoms with Crippen molar-refractivity contribution in [2.75, 3.05) is 13.1 Å². The summed E-state index contributed by atoms with van der Waals surface area (Å²) in [5.41, 5.74) is 0.839. The van der Waals surface area contributed by atoms with E-state index in [1.54, 1.807) is 24.3 Å². The number of rotatable bonds is 3. The third-order valence-electron chi connectivity index (χ3n) is 2.81. The quantitative estimate of drug-likeness (QED) is 0.849. The number of halogens is 1. The highest BCUT2D eigenvalue weighted by Crippen LogP contribution is 2.17. The van der Waals surface area contributed by atoms with Crippen LogP contribution in [0.1, 0.15) is 5.56 Å². The molecule has 1 N–H and O–H groups in total. The second-order valence-electron chi connectivity index (χ2n) is 4.17. The zero-order valence-corrected chi connectivity index (χ0v) is 10.3. The molecule has 18 heavy (non-hydrogen) atoms. The van der Waals surface area contributed by atoms with Crippen LogP contribution in [-0.2, 0) is 9.59 Å². The Labute approximate surface area is 109 Å². The number of likely N-dealkylation sites (tertiary alicyclic amines) is 1. The Bertz CT molecular complexity index is 507. The van der Waals surface area contributed by atoms with E-state index in [4.69, 9.17) is 16.7 Å². The van der Waals surface area contributed by atoms with Gasteiger partial charge in [0.15, 0.2) is 0 Å². The molecule has 1 aliphatic rings. The lowest BCUT2D eigenvalue weighted by molar-refractivity contribution is -0.151. The Kier molecular flexibility index (Phi) is 3.67. The summed E-state index contributed by atoms with van der Waals surface area (Å²) in [5.74, 6) is -1.45. The fourth-order valence-electron chi connectivity index (χ4n) is 1.70. The van der Waals surface area contributed by atoms with Crippen LogP contribution in [0.15, 0.2) is 30.3 Å². The van der Waals surface area contributed by atoms with Gasteiger partial charge in [-0.2, -0.15) is 0 Å². The first-order chi connectivity index (χ1) is 8.56. The molecule has 0 radical (unpaired) electrons. The SMILES string of the molecule is O=C(O)C1CN(C(=O)C=Cc2cccc(Cl)c2)C1. The fraction of sp³-hybridized carbons (Fsp3) is 0.231. The summed E-state index contributed by atoms with van der Waals surface area (Å²) in [6.07, 6.45) is 3.10. The zero-order valence-electron chi connectivity index (χ0n) is 9.54. The van der Waals surface area contributed by atoms with Gasteiger partial charge in [-0.25, -0.2) is 0 Å². The number of carboxylic acid groups (broad SMARTS) is 1. The van der Waals surface area contributed by atoms with Crippen LogP contribution in [0, 0.1) is 5.92 Å². The Balaban J connectivity index is 1.91. The summed E-state index contributed by atoms with van der Waals surface area (Å²) in [6, 6.07) is 7.15. The van der Waals surface area contributed by atoms with Gasteiger partial charge < -0.3 is 10.0 Å². The van der Waals surface area contributed by atoms with Crippen LogP contribution in [-0.4, -0.2) is 35.0 Å². The highest BCUT2D eigenvalue weighted by Gasteiger charge is 2.34. The lowest BCUT2D eigenvalue weighted by Gasteiger charge is -2.35. The standard InChI is InChI=1S/C13H12ClNO3/c14-11-3-1-2-9(6-11)4-5-12(16)15-7-10(8-15)13(17)18/h1-6,10H,7-8H2,(H,17,18).